The quantitative estimate of drug-likeness (QED) is 0.411. The summed E-state index contributed by atoms with van der Waals surface area (Å²) in [6.07, 6.45) is 3.63. The first kappa shape index (κ1) is 18.9. The molecule has 1 saturated heterocycles. The third kappa shape index (κ3) is 3.63. The molecule has 3 heteroatoms. The molecule has 1 atom stereocenters. The summed E-state index contributed by atoms with van der Waals surface area (Å²) in [7, 11) is 0. The monoisotopic (exact) mass is 389 g/mol. The Bertz CT molecular complexity index is 915. The fourth-order valence-electron chi connectivity index (χ4n) is 4.19. The highest BCUT2D eigenvalue weighted by molar-refractivity contribution is 6.30. The SMILES string of the molecule is O=CC(c1ccccc1)(c1ccc(Cl)cc1)c1ccc(CN2CCCC2)cc1. The molecular weight excluding hydrogens is 366 g/mol. The van der Waals surface area contributed by atoms with Crippen molar-refractivity contribution in [3.05, 3.63) is 106 Å². The lowest BCUT2D eigenvalue weighted by atomic mass is 9.70. The summed E-state index contributed by atoms with van der Waals surface area (Å²) in [6.45, 7) is 3.32. The summed E-state index contributed by atoms with van der Waals surface area (Å²) in [4.78, 5) is 15.1. The first-order valence-electron chi connectivity index (χ1n) is 9.82. The maximum atomic E-state index is 12.6. The van der Waals surface area contributed by atoms with Crippen LogP contribution < -0.4 is 0 Å². The van der Waals surface area contributed by atoms with E-state index in [9.17, 15) is 4.79 Å². The van der Waals surface area contributed by atoms with Crippen LogP contribution in [0.3, 0.4) is 0 Å². The Morgan fingerprint density at radius 3 is 1.89 bits per heavy atom. The molecule has 1 aliphatic rings. The molecule has 142 valence electrons. The van der Waals surface area contributed by atoms with Crippen LogP contribution in [0.4, 0.5) is 0 Å². The van der Waals surface area contributed by atoms with Crippen molar-refractivity contribution in [3.63, 3.8) is 0 Å². The molecule has 0 radical (unpaired) electrons. The van der Waals surface area contributed by atoms with E-state index >= 15 is 0 Å². The molecule has 1 heterocycles. The van der Waals surface area contributed by atoms with Gasteiger partial charge >= 0.3 is 0 Å². The van der Waals surface area contributed by atoms with Gasteiger partial charge in [-0.2, -0.15) is 0 Å². The highest BCUT2D eigenvalue weighted by Gasteiger charge is 2.36. The van der Waals surface area contributed by atoms with Gasteiger partial charge in [0.05, 0.1) is 0 Å². The van der Waals surface area contributed by atoms with Gasteiger partial charge in [-0.3, -0.25) is 4.90 Å². The summed E-state index contributed by atoms with van der Waals surface area (Å²) in [5, 5.41) is 0.664. The first-order valence-corrected chi connectivity index (χ1v) is 10.2. The van der Waals surface area contributed by atoms with Crippen LogP contribution in [0, 0.1) is 0 Å². The van der Waals surface area contributed by atoms with Crippen LogP contribution in [0.2, 0.25) is 5.02 Å². The minimum absolute atomic E-state index is 0.664. The Morgan fingerprint density at radius 2 is 1.32 bits per heavy atom. The predicted molar refractivity (Wildman–Crippen MR) is 115 cm³/mol. The van der Waals surface area contributed by atoms with Crippen molar-refractivity contribution in [3.8, 4) is 0 Å². The van der Waals surface area contributed by atoms with Crippen molar-refractivity contribution >= 4 is 17.9 Å². The predicted octanol–water partition coefficient (Wildman–Crippen LogP) is 5.47. The van der Waals surface area contributed by atoms with Crippen molar-refractivity contribution < 1.29 is 4.79 Å². The Hall–Kier alpha value is -2.42. The molecule has 3 aromatic carbocycles. The molecule has 0 amide bonds. The molecule has 0 aliphatic carbocycles. The maximum Gasteiger partial charge on any atom is 0.139 e. The highest BCUT2D eigenvalue weighted by atomic mass is 35.5. The molecule has 0 saturated carbocycles. The number of hydrogen-bond donors (Lipinski definition) is 0. The second-order valence-electron chi connectivity index (χ2n) is 7.48. The van der Waals surface area contributed by atoms with Crippen LogP contribution in [-0.4, -0.2) is 24.3 Å². The maximum absolute atomic E-state index is 12.6. The minimum Gasteiger partial charge on any atom is -0.302 e. The number of carbonyl (C=O) groups is 1. The number of hydrogen-bond acceptors (Lipinski definition) is 2. The van der Waals surface area contributed by atoms with Gasteiger partial charge in [-0.15, -0.1) is 0 Å². The molecule has 1 fully saturated rings. The number of aldehydes is 1. The summed E-state index contributed by atoms with van der Waals surface area (Å²) < 4.78 is 0. The van der Waals surface area contributed by atoms with Gasteiger partial charge in [0.1, 0.15) is 11.7 Å². The molecule has 0 spiro atoms. The zero-order chi connectivity index (χ0) is 19.4. The van der Waals surface area contributed by atoms with Gasteiger partial charge < -0.3 is 4.79 Å². The standard InChI is InChI=1S/C25H24ClNO/c26-24-14-12-23(13-15-24)25(19-28,21-6-2-1-3-7-21)22-10-8-20(9-11-22)18-27-16-4-5-17-27/h1-3,6-15,19H,4-5,16-18H2. The van der Waals surface area contributed by atoms with E-state index < -0.39 is 5.41 Å². The van der Waals surface area contributed by atoms with Gasteiger partial charge in [-0.25, -0.2) is 0 Å². The number of carbonyl (C=O) groups excluding carboxylic acids is 1. The molecule has 0 N–H and O–H groups in total. The van der Waals surface area contributed by atoms with Crippen molar-refractivity contribution in [1.82, 2.24) is 4.90 Å². The molecule has 28 heavy (non-hydrogen) atoms. The van der Waals surface area contributed by atoms with Gasteiger partial charge in [0.2, 0.25) is 0 Å². The lowest BCUT2D eigenvalue weighted by molar-refractivity contribution is -0.110. The molecule has 0 aromatic heterocycles. The Labute approximate surface area is 171 Å². The lowest BCUT2D eigenvalue weighted by Gasteiger charge is -2.30. The lowest BCUT2D eigenvalue weighted by Crippen LogP contribution is -2.31. The number of benzene rings is 3. The summed E-state index contributed by atoms with van der Waals surface area (Å²) >= 11 is 6.11. The first-order chi connectivity index (χ1) is 13.7. The zero-order valence-corrected chi connectivity index (χ0v) is 16.6. The molecule has 2 nitrogen and oxygen atoms in total. The Morgan fingerprint density at radius 1 is 0.786 bits per heavy atom. The molecule has 3 aromatic rings. The van der Waals surface area contributed by atoms with Gasteiger partial charge in [0.15, 0.2) is 0 Å². The highest BCUT2D eigenvalue weighted by Crippen LogP contribution is 2.38. The average molecular weight is 390 g/mol. The smallest absolute Gasteiger partial charge is 0.139 e. The van der Waals surface area contributed by atoms with E-state index in [-0.39, 0.29) is 0 Å². The van der Waals surface area contributed by atoms with E-state index in [1.165, 1.54) is 31.5 Å². The number of likely N-dealkylation sites (tertiary alicyclic amines) is 1. The van der Waals surface area contributed by atoms with Crippen LogP contribution in [0.5, 0.6) is 0 Å². The summed E-state index contributed by atoms with van der Waals surface area (Å²) in [5.74, 6) is 0. The van der Waals surface area contributed by atoms with Gasteiger partial charge in [-0.1, -0.05) is 78.3 Å². The van der Waals surface area contributed by atoms with E-state index in [0.29, 0.717) is 5.02 Å². The largest absolute Gasteiger partial charge is 0.302 e. The second-order valence-corrected chi connectivity index (χ2v) is 7.92. The van der Waals surface area contributed by atoms with Crippen LogP contribution in [0.25, 0.3) is 0 Å². The zero-order valence-electron chi connectivity index (χ0n) is 15.9. The van der Waals surface area contributed by atoms with Crippen molar-refractivity contribution in [2.24, 2.45) is 0 Å². The van der Waals surface area contributed by atoms with Crippen LogP contribution in [-0.2, 0) is 16.8 Å². The van der Waals surface area contributed by atoms with Gasteiger partial charge in [-0.05, 0) is 60.3 Å². The fourth-order valence-corrected chi connectivity index (χ4v) is 4.32. The number of halogens is 1. The Balaban J connectivity index is 1.76. The molecule has 1 unspecified atom stereocenters. The van der Waals surface area contributed by atoms with E-state index in [2.05, 4.69) is 29.2 Å². The van der Waals surface area contributed by atoms with Crippen LogP contribution >= 0.6 is 11.6 Å². The van der Waals surface area contributed by atoms with E-state index in [0.717, 1.165) is 29.5 Å². The topological polar surface area (TPSA) is 20.3 Å². The van der Waals surface area contributed by atoms with Crippen molar-refractivity contribution in [2.75, 3.05) is 13.1 Å². The van der Waals surface area contributed by atoms with Crippen molar-refractivity contribution in [1.29, 1.82) is 0 Å². The molecular formula is C25H24ClNO. The molecule has 4 rings (SSSR count). The molecule has 0 bridgehead atoms. The van der Waals surface area contributed by atoms with E-state index in [1.807, 2.05) is 54.6 Å². The minimum atomic E-state index is -0.849. The third-order valence-electron chi connectivity index (χ3n) is 5.72. The summed E-state index contributed by atoms with van der Waals surface area (Å²) in [6, 6.07) is 26.1. The molecule has 1 aliphatic heterocycles. The van der Waals surface area contributed by atoms with E-state index in [4.69, 9.17) is 11.6 Å². The van der Waals surface area contributed by atoms with Gasteiger partial charge in [0, 0.05) is 11.6 Å². The normalized spacial score (nSPS) is 16.6. The fraction of sp³-hybridized carbons (Fsp3) is 0.240. The number of nitrogens with zero attached hydrogens (tertiary/aromatic N) is 1. The Kier molecular flexibility index (Phi) is 5.61. The van der Waals surface area contributed by atoms with Crippen LogP contribution in [0.1, 0.15) is 35.1 Å². The van der Waals surface area contributed by atoms with Crippen LogP contribution in [0.15, 0.2) is 78.9 Å². The summed E-state index contributed by atoms with van der Waals surface area (Å²) in [5.41, 5.74) is 3.29. The number of rotatable bonds is 6. The van der Waals surface area contributed by atoms with Crippen molar-refractivity contribution in [2.45, 2.75) is 24.8 Å². The van der Waals surface area contributed by atoms with Gasteiger partial charge in [0.25, 0.3) is 0 Å². The average Bonchev–Trinajstić information content (AvgIpc) is 3.25. The second kappa shape index (κ2) is 8.30. The van der Waals surface area contributed by atoms with E-state index in [1.54, 1.807) is 0 Å². The third-order valence-corrected chi connectivity index (χ3v) is 5.97.